The third-order valence-corrected chi connectivity index (χ3v) is 6.67. The van der Waals surface area contributed by atoms with Gasteiger partial charge in [-0.3, -0.25) is 4.79 Å². The van der Waals surface area contributed by atoms with Gasteiger partial charge in [-0.05, 0) is 55.3 Å². The highest BCUT2D eigenvalue weighted by molar-refractivity contribution is 9.10. The zero-order chi connectivity index (χ0) is 24.2. The van der Waals surface area contributed by atoms with E-state index >= 15 is 0 Å². The zero-order valence-electron chi connectivity index (χ0n) is 19.3. The molecule has 0 spiro atoms. The SMILES string of the molecule is CC[C@@H](C)c1nc2ccc(Br)cc2c(=O)n1N=Cc1cc(Br)ccc1OCc1ccc(C)cc1. The van der Waals surface area contributed by atoms with Crippen molar-refractivity contribution in [3.63, 3.8) is 0 Å². The van der Waals surface area contributed by atoms with Crippen LogP contribution in [0.2, 0.25) is 0 Å². The van der Waals surface area contributed by atoms with E-state index in [4.69, 9.17) is 9.72 Å². The summed E-state index contributed by atoms with van der Waals surface area (Å²) in [5.41, 5.74) is 3.52. The number of rotatable bonds is 7. The number of hydrogen-bond acceptors (Lipinski definition) is 4. The molecule has 5 nitrogen and oxygen atoms in total. The maximum Gasteiger partial charge on any atom is 0.282 e. The Balaban J connectivity index is 1.73. The molecule has 0 fully saturated rings. The molecule has 0 aliphatic carbocycles. The van der Waals surface area contributed by atoms with Gasteiger partial charge < -0.3 is 4.74 Å². The number of benzene rings is 3. The molecule has 1 atom stereocenters. The maximum atomic E-state index is 13.4. The summed E-state index contributed by atoms with van der Waals surface area (Å²) >= 11 is 6.98. The third-order valence-electron chi connectivity index (χ3n) is 5.69. The minimum atomic E-state index is -0.199. The minimum absolute atomic E-state index is 0.0673. The van der Waals surface area contributed by atoms with Crippen LogP contribution in [-0.4, -0.2) is 15.9 Å². The molecule has 4 aromatic rings. The highest BCUT2D eigenvalue weighted by Gasteiger charge is 2.16. The second kappa shape index (κ2) is 10.7. The van der Waals surface area contributed by atoms with Gasteiger partial charge in [-0.15, -0.1) is 0 Å². The molecule has 0 unspecified atom stereocenters. The van der Waals surface area contributed by atoms with Crippen molar-refractivity contribution in [1.82, 2.24) is 9.66 Å². The number of aromatic nitrogens is 2. The van der Waals surface area contributed by atoms with Gasteiger partial charge in [0.25, 0.3) is 5.56 Å². The third kappa shape index (κ3) is 5.47. The van der Waals surface area contributed by atoms with Gasteiger partial charge in [-0.25, -0.2) is 4.98 Å². The van der Waals surface area contributed by atoms with Crippen LogP contribution in [0, 0.1) is 6.92 Å². The molecule has 0 N–H and O–H groups in total. The average molecular weight is 583 g/mol. The summed E-state index contributed by atoms with van der Waals surface area (Å²) in [4.78, 5) is 18.2. The largest absolute Gasteiger partial charge is 0.488 e. The van der Waals surface area contributed by atoms with Gasteiger partial charge in [0.15, 0.2) is 0 Å². The molecule has 0 saturated carbocycles. The molecule has 7 heteroatoms. The van der Waals surface area contributed by atoms with Crippen LogP contribution in [0.15, 0.2) is 79.5 Å². The summed E-state index contributed by atoms with van der Waals surface area (Å²) < 4.78 is 9.23. The molecule has 0 radical (unpaired) electrons. The Hall–Kier alpha value is -2.77. The molecular weight excluding hydrogens is 558 g/mol. The van der Waals surface area contributed by atoms with Crippen molar-refractivity contribution in [3.05, 3.63) is 102 Å². The van der Waals surface area contributed by atoms with E-state index in [2.05, 4.69) is 75.1 Å². The first-order chi connectivity index (χ1) is 16.4. The standard InChI is InChI=1S/C27H25Br2N3O2/c1-4-18(3)26-31-24-11-9-22(29)14-23(24)27(33)32(26)30-15-20-13-21(28)10-12-25(20)34-16-19-7-5-17(2)6-8-19/h5-15,18H,4,16H2,1-3H3/t18-/m1/s1. The molecule has 3 aromatic carbocycles. The van der Waals surface area contributed by atoms with Crippen LogP contribution < -0.4 is 10.3 Å². The predicted octanol–water partition coefficient (Wildman–Crippen LogP) is 7.20. The fourth-order valence-corrected chi connectivity index (χ4v) is 4.24. The number of aryl methyl sites for hydroxylation is 1. The van der Waals surface area contributed by atoms with Crippen molar-refractivity contribution in [2.75, 3.05) is 0 Å². The number of fused-ring (bicyclic) bond motifs is 1. The van der Waals surface area contributed by atoms with E-state index in [1.807, 2.05) is 37.3 Å². The van der Waals surface area contributed by atoms with E-state index in [9.17, 15) is 4.79 Å². The second-order valence-electron chi connectivity index (χ2n) is 8.26. The number of halogens is 2. The Kier molecular flexibility index (Phi) is 7.63. The Morgan fingerprint density at radius 2 is 1.76 bits per heavy atom. The lowest BCUT2D eigenvalue weighted by Gasteiger charge is -2.14. The summed E-state index contributed by atoms with van der Waals surface area (Å²) in [5, 5.41) is 5.11. The quantitative estimate of drug-likeness (QED) is 0.216. The lowest BCUT2D eigenvalue weighted by molar-refractivity contribution is 0.305. The fourth-order valence-electron chi connectivity index (χ4n) is 3.50. The smallest absolute Gasteiger partial charge is 0.282 e. The lowest BCUT2D eigenvalue weighted by Crippen LogP contribution is -2.23. The molecule has 174 valence electrons. The van der Waals surface area contributed by atoms with Crippen LogP contribution in [-0.2, 0) is 6.61 Å². The van der Waals surface area contributed by atoms with E-state index in [0.717, 1.165) is 26.5 Å². The van der Waals surface area contributed by atoms with Crippen molar-refractivity contribution >= 4 is 49.0 Å². The summed E-state index contributed by atoms with van der Waals surface area (Å²) in [6.45, 7) is 6.62. The van der Waals surface area contributed by atoms with Crippen LogP contribution in [0.25, 0.3) is 10.9 Å². The van der Waals surface area contributed by atoms with E-state index in [-0.39, 0.29) is 11.5 Å². The van der Waals surface area contributed by atoms with Gasteiger partial charge in [0.05, 0.1) is 17.1 Å². The molecule has 34 heavy (non-hydrogen) atoms. The number of hydrogen-bond donors (Lipinski definition) is 0. The van der Waals surface area contributed by atoms with Gasteiger partial charge in [-0.2, -0.15) is 9.78 Å². The average Bonchev–Trinajstić information content (AvgIpc) is 2.83. The van der Waals surface area contributed by atoms with Gasteiger partial charge in [0.1, 0.15) is 18.2 Å². The summed E-state index contributed by atoms with van der Waals surface area (Å²) in [6, 6.07) is 19.5. The molecule has 0 amide bonds. The zero-order valence-corrected chi connectivity index (χ0v) is 22.4. The first-order valence-corrected chi connectivity index (χ1v) is 12.7. The van der Waals surface area contributed by atoms with Crippen LogP contribution in [0.4, 0.5) is 0 Å². The van der Waals surface area contributed by atoms with Crippen molar-refractivity contribution in [3.8, 4) is 5.75 Å². The number of ether oxygens (including phenoxy) is 1. The van der Waals surface area contributed by atoms with Crippen molar-refractivity contribution in [2.45, 2.75) is 39.7 Å². The molecule has 1 heterocycles. The maximum absolute atomic E-state index is 13.4. The summed E-state index contributed by atoms with van der Waals surface area (Å²) in [7, 11) is 0. The molecular formula is C27H25Br2N3O2. The van der Waals surface area contributed by atoms with Crippen LogP contribution in [0.3, 0.4) is 0 Å². The van der Waals surface area contributed by atoms with Crippen LogP contribution in [0.5, 0.6) is 5.75 Å². The fraction of sp³-hybridized carbons (Fsp3) is 0.222. The van der Waals surface area contributed by atoms with Crippen molar-refractivity contribution in [2.24, 2.45) is 5.10 Å². The van der Waals surface area contributed by atoms with E-state index in [1.54, 1.807) is 12.3 Å². The predicted molar refractivity (Wildman–Crippen MR) is 145 cm³/mol. The Labute approximate surface area is 215 Å². The highest BCUT2D eigenvalue weighted by Crippen LogP contribution is 2.24. The highest BCUT2D eigenvalue weighted by atomic mass is 79.9. The first-order valence-electron chi connectivity index (χ1n) is 11.1. The van der Waals surface area contributed by atoms with Gasteiger partial charge in [0.2, 0.25) is 0 Å². The van der Waals surface area contributed by atoms with Gasteiger partial charge in [-0.1, -0.05) is 75.5 Å². The van der Waals surface area contributed by atoms with E-state index in [0.29, 0.717) is 29.1 Å². The van der Waals surface area contributed by atoms with Crippen LogP contribution in [0.1, 0.15) is 48.7 Å². The molecule has 4 rings (SSSR count). The second-order valence-corrected chi connectivity index (χ2v) is 10.1. The summed E-state index contributed by atoms with van der Waals surface area (Å²) in [5.74, 6) is 1.38. The first kappa shape index (κ1) is 24.4. The molecule has 0 saturated heterocycles. The van der Waals surface area contributed by atoms with Crippen molar-refractivity contribution < 1.29 is 4.74 Å². The van der Waals surface area contributed by atoms with Gasteiger partial charge >= 0.3 is 0 Å². The molecule has 0 aliphatic rings. The Morgan fingerprint density at radius 3 is 2.50 bits per heavy atom. The topological polar surface area (TPSA) is 56.5 Å². The van der Waals surface area contributed by atoms with Crippen molar-refractivity contribution in [1.29, 1.82) is 0 Å². The Bertz CT molecular complexity index is 1410. The van der Waals surface area contributed by atoms with Gasteiger partial charge in [0, 0.05) is 20.4 Å². The number of nitrogens with zero attached hydrogens (tertiary/aromatic N) is 3. The lowest BCUT2D eigenvalue weighted by atomic mass is 10.1. The molecule has 0 bridgehead atoms. The monoisotopic (exact) mass is 581 g/mol. The Morgan fingerprint density at radius 1 is 1.06 bits per heavy atom. The molecule has 1 aromatic heterocycles. The van der Waals surface area contributed by atoms with E-state index in [1.165, 1.54) is 10.2 Å². The molecule has 0 aliphatic heterocycles. The summed E-state index contributed by atoms with van der Waals surface area (Å²) in [6.07, 6.45) is 2.50. The normalized spacial score (nSPS) is 12.4. The van der Waals surface area contributed by atoms with E-state index < -0.39 is 0 Å². The minimum Gasteiger partial charge on any atom is -0.488 e. The van der Waals surface area contributed by atoms with Crippen LogP contribution >= 0.6 is 31.9 Å².